The molecule has 1 amide bonds. The molecule has 1 atom stereocenters. The van der Waals surface area contributed by atoms with Gasteiger partial charge < -0.3 is 5.73 Å². The third-order valence-electron chi connectivity index (χ3n) is 3.34. The number of amides is 1. The van der Waals surface area contributed by atoms with Crippen LogP contribution in [0.1, 0.15) is 19.3 Å². The minimum Gasteiger partial charge on any atom is -0.370 e. The molecule has 0 aromatic heterocycles. The number of carbonyl (C=O) groups is 1. The van der Waals surface area contributed by atoms with Gasteiger partial charge in [-0.2, -0.15) is 0 Å². The number of rotatable bonds is 1. The Morgan fingerprint density at radius 3 is 2.93 bits per heavy atom. The summed E-state index contributed by atoms with van der Waals surface area (Å²) in [7, 11) is 0. The molecule has 2 heterocycles. The Labute approximate surface area is 82.3 Å². The molecule has 1 saturated heterocycles. The highest BCUT2D eigenvalue weighted by Crippen LogP contribution is 2.36. The van der Waals surface area contributed by atoms with Crippen LogP contribution in [0.4, 0.5) is 0 Å². The number of aliphatic imine (C=N–C) groups is 1. The Hall–Kier alpha value is -1.10. The lowest BCUT2D eigenvalue weighted by Crippen LogP contribution is -2.43. The first-order chi connectivity index (χ1) is 6.70. The van der Waals surface area contributed by atoms with E-state index < -0.39 is 5.54 Å². The van der Waals surface area contributed by atoms with E-state index >= 15 is 0 Å². The van der Waals surface area contributed by atoms with E-state index in [9.17, 15) is 4.79 Å². The highest BCUT2D eigenvalue weighted by Gasteiger charge is 2.50. The van der Waals surface area contributed by atoms with Crippen LogP contribution in [0.3, 0.4) is 0 Å². The Bertz CT molecular complexity index is 323. The molecule has 3 aliphatic rings. The van der Waals surface area contributed by atoms with Crippen molar-refractivity contribution in [2.24, 2.45) is 10.7 Å². The fourth-order valence-electron chi connectivity index (χ4n) is 2.39. The van der Waals surface area contributed by atoms with E-state index in [0.717, 1.165) is 19.5 Å². The molecule has 5 nitrogen and oxygen atoms in total. The smallest absolute Gasteiger partial charge is 0.256 e. The highest BCUT2D eigenvalue weighted by molar-refractivity contribution is 6.07. The van der Waals surface area contributed by atoms with Crippen LogP contribution < -0.4 is 11.1 Å². The van der Waals surface area contributed by atoms with Crippen molar-refractivity contribution in [3.63, 3.8) is 0 Å². The van der Waals surface area contributed by atoms with Crippen molar-refractivity contribution in [3.8, 4) is 0 Å². The summed E-state index contributed by atoms with van der Waals surface area (Å²) >= 11 is 0. The molecule has 0 aromatic rings. The number of likely N-dealkylation sites (tertiary alicyclic amines) is 1. The van der Waals surface area contributed by atoms with Crippen LogP contribution in [0.15, 0.2) is 4.99 Å². The van der Waals surface area contributed by atoms with Gasteiger partial charge in [0.15, 0.2) is 11.5 Å². The minimum atomic E-state index is -0.549. The van der Waals surface area contributed by atoms with E-state index in [1.54, 1.807) is 0 Å². The number of carbonyl (C=O) groups excluding carboxylic acids is 1. The molecule has 0 aromatic carbocycles. The molecule has 0 radical (unpaired) electrons. The van der Waals surface area contributed by atoms with Crippen LogP contribution in [0.25, 0.3) is 0 Å². The summed E-state index contributed by atoms with van der Waals surface area (Å²) in [4.78, 5) is 18.3. The lowest BCUT2D eigenvalue weighted by Gasteiger charge is -2.18. The van der Waals surface area contributed by atoms with Gasteiger partial charge in [0.25, 0.3) is 5.91 Å². The molecule has 1 aliphatic carbocycles. The van der Waals surface area contributed by atoms with Gasteiger partial charge in [0.05, 0.1) is 0 Å². The molecule has 2 aliphatic heterocycles. The Morgan fingerprint density at radius 1 is 1.57 bits per heavy atom. The van der Waals surface area contributed by atoms with Crippen LogP contribution >= 0.6 is 0 Å². The summed E-state index contributed by atoms with van der Waals surface area (Å²) in [5.74, 6) is 0.269. The zero-order valence-electron chi connectivity index (χ0n) is 7.99. The van der Waals surface area contributed by atoms with E-state index in [0.29, 0.717) is 6.04 Å². The number of guanidine groups is 1. The molecule has 1 unspecified atom stereocenters. The van der Waals surface area contributed by atoms with Crippen LogP contribution in [0.2, 0.25) is 0 Å². The zero-order valence-corrected chi connectivity index (χ0v) is 7.99. The molecular weight excluding hydrogens is 180 g/mol. The third-order valence-corrected chi connectivity index (χ3v) is 3.34. The maximum Gasteiger partial charge on any atom is 0.256 e. The molecule has 1 spiro atoms. The van der Waals surface area contributed by atoms with Gasteiger partial charge in [0.1, 0.15) is 0 Å². The molecule has 2 fully saturated rings. The van der Waals surface area contributed by atoms with Crippen molar-refractivity contribution in [1.29, 1.82) is 0 Å². The summed E-state index contributed by atoms with van der Waals surface area (Å²) in [5, 5.41) is 2.59. The van der Waals surface area contributed by atoms with Crippen molar-refractivity contribution < 1.29 is 4.79 Å². The highest BCUT2D eigenvalue weighted by atomic mass is 16.2. The number of nitrogens with zero attached hydrogens (tertiary/aromatic N) is 2. The molecule has 0 bridgehead atoms. The SMILES string of the molecule is NC1=NC2(CCN(C3CC3)C2)C(=O)N1. The van der Waals surface area contributed by atoms with Crippen molar-refractivity contribution in [1.82, 2.24) is 10.2 Å². The topological polar surface area (TPSA) is 70.7 Å². The molecule has 3 N–H and O–H groups in total. The van der Waals surface area contributed by atoms with E-state index in [-0.39, 0.29) is 11.9 Å². The first-order valence-corrected chi connectivity index (χ1v) is 5.10. The van der Waals surface area contributed by atoms with Crippen LogP contribution in [-0.2, 0) is 4.79 Å². The lowest BCUT2D eigenvalue weighted by atomic mass is 10.00. The Morgan fingerprint density at radius 2 is 2.36 bits per heavy atom. The van der Waals surface area contributed by atoms with Crippen LogP contribution in [-0.4, -0.2) is 41.4 Å². The molecule has 14 heavy (non-hydrogen) atoms. The lowest BCUT2D eigenvalue weighted by molar-refractivity contribution is -0.123. The fourth-order valence-corrected chi connectivity index (χ4v) is 2.39. The molecule has 5 heteroatoms. The largest absolute Gasteiger partial charge is 0.370 e. The van der Waals surface area contributed by atoms with Crippen LogP contribution in [0.5, 0.6) is 0 Å². The number of hydrogen-bond acceptors (Lipinski definition) is 4. The van der Waals surface area contributed by atoms with E-state index in [1.165, 1.54) is 12.8 Å². The molecular formula is C9H14N4O. The summed E-state index contributed by atoms with van der Waals surface area (Å²) < 4.78 is 0. The van der Waals surface area contributed by atoms with Gasteiger partial charge in [0.2, 0.25) is 0 Å². The molecule has 76 valence electrons. The van der Waals surface area contributed by atoms with E-state index in [4.69, 9.17) is 5.73 Å². The van der Waals surface area contributed by atoms with Crippen molar-refractivity contribution in [2.75, 3.05) is 13.1 Å². The fraction of sp³-hybridized carbons (Fsp3) is 0.778. The predicted octanol–water partition coefficient (Wildman–Crippen LogP) is -0.962. The van der Waals surface area contributed by atoms with Gasteiger partial charge in [-0.25, -0.2) is 4.99 Å². The zero-order chi connectivity index (χ0) is 9.76. The van der Waals surface area contributed by atoms with Gasteiger partial charge in [-0.05, 0) is 19.3 Å². The van der Waals surface area contributed by atoms with E-state index in [2.05, 4.69) is 15.2 Å². The van der Waals surface area contributed by atoms with E-state index in [1.807, 2.05) is 0 Å². The second-order valence-electron chi connectivity index (χ2n) is 4.43. The van der Waals surface area contributed by atoms with Gasteiger partial charge in [-0.3, -0.25) is 15.0 Å². The molecule has 1 saturated carbocycles. The van der Waals surface area contributed by atoms with Crippen LogP contribution in [0, 0.1) is 0 Å². The maximum absolute atomic E-state index is 11.7. The first kappa shape index (κ1) is 8.23. The summed E-state index contributed by atoms with van der Waals surface area (Å²) in [5.41, 5.74) is 4.97. The standard InChI is InChI=1S/C9H14N4O/c10-8-11-7(14)9(12-8)3-4-13(5-9)6-1-2-6/h6H,1-5H2,(H3,10,11,12,14). The van der Waals surface area contributed by atoms with Gasteiger partial charge in [0, 0.05) is 19.1 Å². The Balaban J connectivity index is 1.81. The van der Waals surface area contributed by atoms with Gasteiger partial charge in [-0.15, -0.1) is 0 Å². The predicted molar refractivity (Wildman–Crippen MR) is 51.7 cm³/mol. The number of nitrogens with one attached hydrogen (secondary N) is 1. The van der Waals surface area contributed by atoms with Crippen molar-refractivity contribution in [3.05, 3.63) is 0 Å². The average Bonchev–Trinajstić information content (AvgIpc) is 2.83. The second-order valence-corrected chi connectivity index (χ2v) is 4.43. The number of hydrogen-bond donors (Lipinski definition) is 2. The number of nitrogens with two attached hydrogens (primary N) is 1. The summed E-state index contributed by atoms with van der Waals surface area (Å²) in [6.45, 7) is 1.74. The summed E-state index contributed by atoms with van der Waals surface area (Å²) in [6, 6.07) is 0.708. The third kappa shape index (κ3) is 1.05. The maximum atomic E-state index is 11.7. The second kappa shape index (κ2) is 2.48. The van der Waals surface area contributed by atoms with Gasteiger partial charge >= 0.3 is 0 Å². The summed E-state index contributed by atoms with van der Waals surface area (Å²) in [6.07, 6.45) is 3.36. The average molecular weight is 194 g/mol. The van der Waals surface area contributed by atoms with Crippen molar-refractivity contribution in [2.45, 2.75) is 30.8 Å². The van der Waals surface area contributed by atoms with Crippen molar-refractivity contribution >= 4 is 11.9 Å². The Kier molecular flexibility index (Phi) is 1.45. The molecule has 3 rings (SSSR count). The normalized spacial score (nSPS) is 37.7. The minimum absolute atomic E-state index is 0.0156. The monoisotopic (exact) mass is 194 g/mol. The van der Waals surface area contributed by atoms with Gasteiger partial charge in [-0.1, -0.05) is 0 Å². The first-order valence-electron chi connectivity index (χ1n) is 5.10. The quantitative estimate of drug-likeness (QED) is 0.564.